The van der Waals surface area contributed by atoms with Crippen LogP contribution < -0.4 is 10.6 Å². The Balaban J connectivity index is 2.64. The average molecular weight is 262 g/mol. The maximum Gasteiger partial charge on any atom is 0.432 e. The van der Waals surface area contributed by atoms with Crippen LogP contribution in [0.15, 0.2) is 18.5 Å². The first-order valence-corrected chi connectivity index (χ1v) is 5.51. The van der Waals surface area contributed by atoms with Gasteiger partial charge < -0.3 is 10.6 Å². The predicted octanol–water partition coefficient (Wildman–Crippen LogP) is 3.09. The lowest BCUT2D eigenvalue weighted by atomic mass is 10.0. The van der Waals surface area contributed by atoms with Crippen LogP contribution in [0.2, 0.25) is 0 Å². The van der Waals surface area contributed by atoms with E-state index in [0.29, 0.717) is 5.82 Å². The average Bonchev–Trinajstić information content (AvgIpc) is 2.64. The number of anilines is 1. The lowest BCUT2D eigenvalue weighted by molar-refractivity contribution is -0.141. The third kappa shape index (κ3) is 3.97. The van der Waals surface area contributed by atoms with Crippen LogP contribution in [-0.4, -0.2) is 15.7 Å². The number of halogens is 3. The molecule has 1 heterocycles. The highest BCUT2D eigenvalue weighted by molar-refractivity contribution is 5.41. The fraction of sp³-hybridized carbons (Fsp3) is 0.545. The summed E-state index contributed by atoms with van der Waals surface area (Å²) in [4.78, 5) is 0. The van der Waals surface area contributed by atoms with Gasteiger partial charge in [-0.1, -0.05) is 13.5 Å². The second-order valence-corrected chi connectivity index (χ2v) is 4.63. The maximum absolute atomic E-state index is 12.3. The van der Waals surface area contributed by atoms with Crippen molar-refractivity contribution >= 4 is 5.82 Å². The minimum Gasteiger partial charge on any atom is -0.367 e. The predicted molar refractivity (Wildman–Crippen MR) is 63.9 cm³/mol. The molecule has 0 saturated carbocycles. The van der Waals surface area contributed by atoms with Crippen molar-refractivity contribution in [3.05, 3.63) is 24.2 Å². The Morgan fingerprint density at radius 2 is 2.06 bits per heavy atom. The van der Waals surface area contributed by atoms with Gasteiger partial charge in [-0.25, -0.2) is 0 Å². The van der Waals surface area contributed by atoms with Gasteiger partial charge in [0.05, 0.1) is 5.82 Å². The van der Waals surface area contributed by atoms with Gasteiger partial charge in [0.1, 0.15) is 5.69 Å². The second-order valence-electron chi connectivity index (χ2n) is 4.63. The Morgan fingerprint density at radius 3 is 2.50 bits per heavy atom. The van der Waals surface area contributed by atoms with Crippen LogP contribution in [0.5, 0.6) is 0 Å². The third-order valence-corrected chi connectivity index (χ3v) is 2.54. The standard InChI is InChI=1S/C11H17F3N4/c1-5-10(3,4)16-7(2)15-9-6-8(17-18-9)11(12,13)14/h6,16H,2,5H2,1,3-4H3,(H2,15,17,18). The molecule has 0 aliphatic carbocycles. The fourth-order valence-electron chi connectivity index (χ4n) is 1.21. The molecule has 0 unspecified atom stereocenters. The van der Waals surface area contributed by atoms with E-state index in [4.69, 9.17) is 0 Å². The van der Waals surface area contributed by atoms with Gasteiger partial charge in [-0.05, 0) is 20.3 Å². The van der Waals surface area contributed by atoms with Gasteiger partial charge in [0.15, 0.2) is 5.82 Å². The molecule has 1 aromatic rings. The topological polar surface area (TPSA) is 52.7 Å². The number of aromatic nitrogens is 2. The summed E-state index contributed by atoms with van der Waals surface area (Å²) in [5.74, 6) is 0.480. The molecule has 0 aliphatic heterocycles. The number of nitrogens with one attached hydrogen (secondary N) is 3. The number of hydrogen-bond acceptors (Lipinski definition) is 3. The minimum atomic E-state index is -4.43. The van der Waals surface area contributed by atoms with Crippen molar-refractivity contribution in [3.63, 3.8) is 0 Å². The van der Waals surface area contributed by atoms with Gasteiger partial charge in [-0.2, -0.15) is 18.3 Å². The van der Waals surface area contributed by atoms with Gasteiger partial charge in [0.2, 0.25) is 0 Å². The minimum absolute atomic E-state index is 0.0757. The van der Waals surface area contributed by atoms with E-state index in [2.05, 4.69) is 22.3 Å². The van der Waals surface area contributed by atoms with E-state index in [0.717, 1.165) is 12.5 Å². The molecule has 0 amide bonds. The van der Waals surface area contributed by atoms with Crippen LogP contribution >= 0.6 is 0 Å². The summed E-state index contributed by atoms with van der Waals surface area (Å²) in [5, 5.41) is 11.2. The molecule has 0 saturated heterocycles. The Bertz CT molecular complexity index is 420. The summed E-state index contributed by atoms with van der Waals surface area (Å²) in [6.07, 6.45) is -3.58. The molecular weight excluding hydrogens is 245 g/mol. The van der Waals surface area contributed by atoms with Crippen LogP contribution in [0.4, 0.5) is 19.0 Å². The van der Waals surface area contributed by atoms with Gasteiger partial charge >= 0.3 is 6.18 Å². The van der Waals surface area contributed by atoms with E-state index >= 15 is 0 Å². The summed E-state index contributed by atoms with van der Waals surface area (Å²) >= 11 is 0. The van der Waals surface area contributed by atoms with Gasteiger partial charge in [0.25, 0.3) is 0 Å². The first-order valence-electron chi connectivity index (χ1n) is 5.51. The van der Waals surface area contributed by atoms with E-state index in [9.17, 15) is 13.2 Å². The number of nitrogens with zero attached hydrogens (tertiary/aromatic N) is 1. The van der Waals surface area contributed by atoms with Crippen LogP contribution in [0, 0.1) is 0 Å². The molecule has 102 valence electrons. The van der Waals surface area contributed by atoms with Crippen molar-refractivity contribution in [2.45, 2.75) is 38.9 Å². The van der Waals surface area contributed by atoms with Crippen molar-refractivity contribution in [2.75, 3.05) is 5.32 Å². The molecule has 1 aromatic heterocycles. The lowest BCUT2D eigenvalue weighted by Crippen LogP contribution is -2.39. The number of alkyl halides is 3. The quantitative estimate of drug-likeness (QED) is 0.764. The zero-order chi connectivity index (χ0) is 14.0. The van der Waals surface area contributed by atoms with Gasteiger partial charge in [-0.15, -0.1) is 0 Å². The van der Waals surface area contributed by atoms with Crippen LogP contribution in [0.3, 0.4) is 0 Å². The number of hydrogen-bond donors (Lipinski definition) is 3. The largest absolute Gasteiger partial charge is 0.432 e. The Hall–Kier alpha value is -1.66. The molecule has 0 atom stereocenters. The number of rotatable bonds is 5. The highest BCUT2D eigenvalue weighted by atomic mass is 19.4. The lowest BCUT2D eigenvalue weighted by Gasteiger charge is -2.27. The molecule has 0 aliphatic rings. The highest BCUT2D eigenvalue weighted by Gasteiger charge is 2.33. The van der Waals surface area contributed by atoms with Crippen LogP contribution in [0.1, 0.15) is 32.9 Å². The molecule has 0 spiro atoms. The summed E-state index contributed by atoms with van der Waals surface area (Å²) in [7, 11) is 0. The van der Waals surface area contributed by atoms with Gasteiger partial charge in [-0.3, -0.25) is 5.10 Å². The van der Waals surface area contributed by atoms with E-state index in [1.165, 1.54) is 0 Å². The smallest absolute Gasteiger partial charge is 0.367 e. The first kappa shape index (κ1) is 14.4. The maximum atomic E-state index is 12.3. The van der Waals surface area contributed by atoms with Gasteiger partial charge in [0, 0.05) is 11.6 Å². The summed E-state index contributed by atoms with van der Waals surface area (Å²) in [5.41, 5.74) is -1.08. The van der Waals surface area contributed by atoms with Crippen molar-refractivity contribution < 1.29 is 13.2 Å². The molecular formula is C11H17F3N4. The van der Waals surface area contributed by atoms with E-state index in [1.807, 2.05) is 25.9 Å². The fourth-order valence-corrected chi connectivity index (χ4v) is 1.21. The molecule has 1 rings (SSSR count). The van der Waals surface area contributed by atoms with Crippen LogP contribution in [0.25, 0.3) is 0 Å². The molecule has 3 N–H and O–H groups in total. The zero-order valence-electron chi connectivity index (χ0n) is 10.6. The highest BCUT2D eigenvalue weighted by Crippen LogP contribution is 2.28. The van der Waals surface area contributed by atoms with Crippen molar-refractivity contribution in [3.8, 4) is 0 Å². The third-order valence-electron chi connectivity index (χ3n) is 2.54. The van der Waals surface area contributed by atoms with Crippen molar-refractivity contribution in [1.29, 1.82) is 0 Å². The zero-order valence-corrected chi connectivity index (χ0v) is 10.6. The molecule has 7 heteroatoms. The normalized spacial score (nSPS) is 12.3. The first-order chi connectivity index (χ1) is 8.14. The molecule has 0 fully saturated rings. The molecule has 0 bridgehead atoms. The molecule has 0 aromatic carbocycles. The Labute approximate surface area is 104 Å². The number of aromatic amines is 1. The van der Waals surface area contributed by atoms with Crippen molar-refractivity contribution in [1.82, 2.24) is 15.5 Å². The van der Waals surface area contributed by atoms with Crippen LogP contribution in [-0.2, 0) is 6.18 Å². The van der Waals surface area contributed by atoms with E-state index < -0.39 is 11.9 Å². The number of H-pyrrole nitrogens is 1. The molecule has 0 radical (unpaired) electrons. The SMILES string of the molecule is C=C(Nc1cc(C(F)(F)F)[nH]n1)NC(C)(C)CC. The van der Waals surface area contributed by atoms with E-state index in [1.54, 1.807) is 0 Å². The van der Waals surface area contributed by atoms with Crippen molar-refractivity contribution in [2.24, 2.45) is 0 Å². The Morgan fingerprint density at radius 1 is 1.44 bits per heavy atom. The molecule has 18 heavy (non-hydrogen) atoms. The second kappa shape index (κ2) is 4.91. The Kier molecular flexibility index (Phi) is 3.93. The molecule has 4 nitrogen and oxygen atoms in total. The summed E-state index contributed by atoms with van der Waals surface area (Å²) in [6, 6.07) is 0.895. The summed E-state index contributed by atoms with van der Waals surface area (Å²) in [6.45, 7) is 9.62. The summed E-state index contributed by atoms with van der Waals surface area (Å²) < 4.78 is 37.0. The van der Waals surface area contributed by atoms with E-state index in [-0.39, 0.29) is 11.4 Å². The monoisotopic (exact) mass is 262 g/mol.